The molecule has 0 radical (unpaired) electrons. The summed E-state index contributed by atoms with van der Waals surface area (Å²) in [5.74, 6) is 6.64. The lowest BCUT2D eigenvalue weighted by Crippen LogP contribution is -2.48. The van der Waals surface area contributed by atoms with Gasteiger partial charge >= 0.3 is 0 Å². The third-order valence-corrected chi connectivity index (χ3v) is 5.93. The molecule has 0 aliphatic carbocycles. The predicted octanol–water partition coefficient (Wildman–Crippen LogP) is 3.24. The molecule has 1 aliphatic heterocycles. The van der Waals surface area contributed by atoms with Gasteiger partial charge in [0.2, 0.25) is 10.0 Å². The van der Waals surface area contributed by atoms with Gasteiger partial charge in [-0.15, -0.1) is 0 Å². The lowest BCUT2D eigenvalue weighted by atomic mass is 10.2. The lowest BCUT2D eigenvalue weighted by Gasteiger charge is -2.34. The van der Waals surface area contributed by atoms with Crippen LogP contribution in [0.2, 0.25) is 0 Å². The van der Waals surface area contributed by atoms with E-state index in [-0.39, 0.29) is 0 Å². The summed E-state index contributed by atoms with van der Waals surface area (Å²) in [5, 5.41) is 1.23. The van der Waals surface area contributed by atoms with E-state index in [0.717, 1.165) is 37.1 Å². The summed E-state index contributed by atoms with van der Waals surface area (Å²) in [4.78, 5) is 2.18. The zero-order valence-electron chi connectivity index (χ0n) is 15.6. The van der Waals surface area contributed by atoms with Gasteiger partial charge in [0, 0.05) is 44.4 Å². The molecule has 1 heterocycles. The van der Waals surface area contributed by atoms with E-state index in [2.05, 4.69) is 23.7 Å². The Hall–Kier alpha value is -1.97. The van der Waals surface area contributed by atoms with Gasteiger partial charge in [-0.2, -0.15) is 4.31 Å². The Bertz CT molecular complexity index is 738. The number of benzene rings is 1. The Balaban J connectivity index is 1.85. The Morgan fingerprint density at radius 2 is 1.81 bits per heavy atom. The molecule has 1 fully saturated rings. The summed E-state index contributed by atoms with van der Waals surface area (Å²) in [5.41, 5.74) is 1.08. The maximum atomic E-state index is 12.4. The SMILES string of the molecule is CCCCCC#CC=CS(=O)(=O)N1CCN(c2ccc(OC)cc2)CC1. The molecule has 0 spiro atoms. The fourth-order valence-electron chi connectivity index (χ4n) is 2.79. The van der Waals surface area contributed by atoms with Gasteiger partial charge in [0.15, 0.2) is 0 Å². The number of anilines is 1. The number of nitrogens with zero attached hydrogens (tertiary/aromatic N) is 2. The van der Waals surface area contributed by atoms with E-state index in [4.69, 9.17) is 4.74 Å². The molecule has 1 aromatic rings. The highest BCUT2D eigenvalue weighted by Crippen LogP contribution is 2.21. The highest BCUT2D eigenvalue weighted by atomic mass is 32.2. The molecular formula is C20H28N2O3S. The number of methoxy groups -OCH3 is 1. The maximum Gasteiger partial charge on any atom is 0.236 e. The summed E-state index contributed by atoms with van der Waals surface area (Å²) in [6.45, 7) is 4.43. The van der Waals surface area contributed by atoms with Crippen LogP contribution in [0.4, 0.5) is 5.69 Å². The van der Waals surface area contributed by atoms with Crippen LogP contribution in [0.25, 0.3) is 0 Å². The fraction of sp³-hybridized carbons (Fsp3) is 0.500. The quantitative estimate of drug-likeness (QED) is 0.541. The smallest absolute Gasteiger partial charge is 0.236 e. The number of hydrogen-bond donors (Lipinski definition) is 0. The first kappa shape index (κ1) is 20.3. The molecule has 0 atom stereocenters. The summed E-state index contributed by atoms with van der Waals surface area (Å²) in [6.07, 6.45) is 5.66. The lowest BCUT2D eigenvalue weighted by molar-refractivity contribution is 0.389. The van der Waals surface area contributed by atoms with Gasteiger partial charge in [-0.3, -0.25) is 0 Å². The number of rotatable bonds is 7. The molecule has 0 bridgehead atoms. The first-order valence-corrected chi connectivity index (χ1v) is 10.6. The van der Waals surface area contributed by atoms with Crippen LogP contribution in [-0.4, -0.2) is 46.0 Å². The zero-order chi connectivity index (χ0) is 18.8. The number of sulfonamides is 1. The van der Waals surface area contributed by atoms with Crippen molar-refractivity contribution in [3.63, 3.8) is 0 Å². The van der Waals surface area contributed by atoms with Gasteiger partial charge in [-0.25, -0.2) is 8.42 Å². The highest BCUT2D eigenvalue weighted by Gasteiger charge is 2.25. The van der Waals surface area contributed by atoms with Crippen LogP contribution in [0.1, 0.15) is 32.6 Å². The number of ether oxygens (including phenoxy) is 1. The molecule has 6 heteroatoms. The van der Waals surface area contributed by atoms with Gasteiger partial charge in [0.05, 0.1) is 12.5 Å². The average molecular weight is 377 g/mol. The minimum Gasteiger partial charge on any atom is -0.497 e. The van der Waals surface area contributed by atoms with Crippen molar-refractivity contribution in [3.8, 4) is 17.6 Å². The normalized spacial score (nSPS) is 15.7. The number of allylic oxidation sites excluding steroid dienone is 1. The molecule has 1 aromatic carbocycles. The second-order valence-corrected chi connectivity index (χ2v) is 8.03. The van der Waals surface area contributed by atoms with E-state index in [1.165, 1.54) is 15.8 Å². The van der Waals surface area contributed by atoms with Crippen LogP contribution < -0.4 is 9.64 Å². The second kappa shape index (κ2) is 10.2. The molecule has 5 nitrogen and oxygen atoms in total. The van der Waals surface area contributed by atoms with E-state index >= 15 is 0 Å². The van der Waals surface area contributed by atoms with Crippen LogP contribution in [0.15, 0.2) is 35.7 Å². The minimum absolute atomic E-state index is 0.475. The van der Waals surface area contributed by atoms with Gasteiger partial charge in [0.25, 0.3) is 0 Å². The monoisotopic (exact) mass is 376 g/mol. The molecule has 0 N–H and O–H groups in total. The van der Waals surface area contributed by atoms with Crippen molar-refractivity contribution in [2.24, 2.45) is 0 Å². The Labute approximate surface area is 157 Å². The molecule has 2 rings (SSSR count). The van der Waals surface area contributed by atoms with Gasteiger partial charge in [-0.05, 0) is 30.7 Å². The number of hydrogen-bond acceptors (Lipinski definition) is 4. The predicted molar refractivity (Wildman–Crippen MR) is 107 cm³/mol. The number of unbranched alkanes of at least 4 members (excludes halogenated alkanes) is 3. The third-order valence-electron chi connectivity index (χ3n) is 4.37. The van der Waals surface area contributed by atoms with Crippen LogP contribution in [-0.2, 0) is 10.0 Å². The summed E-state index contributed by atoms with van der Waals surface area (Å²) >= 11 is 0. The van der Waals surface area contributed by atoms with Crippen molar-refractivity contribution in [1.29, 1.82) is 0 Å². The molecular weight excluding hydrogens is 348 g/mol. The van der Waals surface area contributed by atoms with E-state index in [0.29, 0.717) is 26.2 Å². The number of piperazine rings is 1. The molecule has 142 valence electrons. The largest absolute Gasteiger partial charge is 0.497 e. The minimum atomic E-state index is -3.39. The van der Waals surface area contributed by atoms with E-state index in [1.54, 1.807) is 7.11 Å². The van der Waals surface area contributed by atoms with Crippen molar-refractivity contribution in [2.45, 2.75) is 32.6 Å². The highest BCUT2D eigenvalue weighted by molar-refractivity contribution is 7.92. The topological polar surface area (TPSA) is 49.9 Å². The summed E-state index contributed by atoms with van der Waals surface area (Å²) in [7, 11) is -1.75. The van der Waals surface area contributed by atoms with Crippen molar-refractivity contribution in [1.82, 2.24) is 4.31 Å². The molecule has 0 amide bonds. The van der Waals surface area contributed by atoms with Crippen LogP contribution >= 0.6 is 0 Å². The Morgan fingerprint density at radius 3 is 2.42 bits per heavy atom. The van der Waals surface area contributed by atoms with E-state index in [1.807, 2.05) is 24.3 Å². The average Bonchev–Trinajstić information content (AvgIpc) is 2.67. The second-order valence-electron chi connectivity index (χ2n) is 6.21. The zero-order valence-corrected chi connectivity index (χ0v) is 16.5. The maximum absolute atomic E-state index is 12.4. The molecule has 26 heavy (non-hydrogen) atoms. The Kier molecular flexibility index (Phi) is 8.02. The van der Waals surface area contributed by atoms with E-state index in [9.17, 15) is 8.42 Å². The van der Waals surface area contributed by atoms with Crippen LogP contribution in [0.3, 0.4) is 0 Å². The summed E-state index contributed by atoms with van der Waals surface area (Å²) < 4.78 is 31.5. The molecule has 0 aromatic heterocycles. The van der Waals surface area contributed by atoms with Crippen LogP contribution in [0.5, 0.6) is 5.75 Å². The van der Waals surface area contributed by atoms with Crippen molar-refractivity contribution >= 4 is 15.7 Å². The van der Waals surface area contributed by atoms with Crippen molar-refractivity contribution in [2.75, 3.05) is 38.2 Å². The van der Waals surface area contributed by atoms with Gasteiger partial charge < -0.3 is 9.64 Å². The van der Waals surface area contributed by atoms with E-state index < -0.39 is 10.0 Å². The fourth-order valence-corrected chi connectivity index (χ4v) is 3.88. The molecule has 1 saturated heterocycles. The molecule has 1 aliphatic rings. The Morgan fingerprint density at radius 1 is 1.12 bits per heavy atom. The third kappa shape index (κ3) is 6.08. The van der Waals surface area contributed by atoms with Crippen molar-refractivity contribution < 1.29 is 13.2 Å². The molecule has 0 saturated carbocycles. The molecule has 0 unspecified atom stereocenters. The standard InChI is InChI=1S/C20H28N2O3S/c1-3-4-5-6-7-8-9-18-26(23,24)22-16-14-21(15-17-22)19-10-12-20(25-2)13-11-19/h9-13,18H,3-6,14-17H2,1-2H3. The van der Waals surface area contributed by atoms with Gasteiger partial charge in [-0.1, -0.05) is 31.6 Å². The summed E-state index contributed by atoms with van der Waals surface area (Å²) in [6, 6.07) is 7.83. The first-order valence-electron chi connectivity index (χ1n) is 9.11. The van der Waals surface area contributed by atoms with Crippen molar-refractivity contribution in [3.05, 3.63) is 35.7 Å². The van der Waals surface area contributed by atoms with Gasteiger partial charge in [0.1, 0.15) is 5.75 Å². The first-order chi connectivity index (χ1) is 12.6. The van der Waals surface area contributed by atoms with Crippen LogP contribution in [0, 0.1) is 11.8 Å².